The van der Waals surface area contributed by atoms with Crippen LogP contribution in [0, 0.1) is 6.08 Å². The average Bonchev–Trinajstić information content (AvgIpc) is 2.93. The number of ether oxygens (including phenoxy) is 1. The highest BCUT2D eigenvalue weighted by atomic mass is 35.5. The lowest BCUT2D eigenvalue weighted by Gasteiger charge is -2.16. The van der Waals surface area contributed by atoms with Crippen LogP contribution in [0.15, 0.2) is 6.33 Å². The minimum atomic E-state index is -1.32. The van der Waals surface area contributed by atoms with Gasteiger partial charge in [-0.15, -0.1) is 12.4 Å². The zero-order chi connectivity index (χ0) is 14.4. The molecule has 4 atom stereocenters. The molecule has 0 amide bonds. The van der Waals surface area contributed by atoms with E-state index in [1.807, 2.05) is 0 Å². The molecule has 5 N–H and O–H groups in total. The molecular formula is C10H13ClFN5O4. The van der Waals surface area contributed by atoms with E-state index in [1.54, 1.807) is 0 Å². The van der Waals surface area contributed by atoms with Crippen molar-refractivity contribution in [2.75, 3.05) is 12.3 Å². The molecule has 0 saturated carbocycles. The standard InChI is InChI=1S/C10H12FN5O4.ClH/c11-10-14-7(12)4-8(15-10)16(2-13-4)9-6(19)5(18)3(1-17)20-9;/h2-3,5-6,9,17-19H,1H2,(H2,12,14,15);1H/t3-,5-,6+,9-;/m1./s1. The minimum Gasteiger partial charge on any atom is -0.394 e. The molecule has 116 valence electrons. The van der Waals surface area contributed by atoms with Crippen molar-refractivity contribution in [2.45, 2.75) is 24.5 Å². The molecule has 0 aliphatic carbocycles. The third-order valence-corrected chi connectivity index (χ3v) is 3.21. The summed E-state index contributed by atoms with van der Waals surface area (Å²) in [6, 6.07) is 0. The van der Waals surface area contributed by atoms with Crippen LogP contribution in [0.5, 0.6) is 0 Å². The Hall–Kier alpha value is -1.59. The van der Waals surface area contributed by atoms with Crippen molar-refractivity contribution >= 4 is 29.4 Å². The smallest absolute Gasteiger partial charge is 0.312 e. The molecule has 1 aliphatic rings. The van der Waals surface area contributed by atoms with E-state index in [4.69, 9.17) is 15.6 Å². The highest BCUT2D eigenvalue weighted by Crippen LogP contribution is 2.31. The first-order chi connectivity index (χ1) is 9.52. The van der Waals surface area contributed by atoms with Crippen molar-refractivity contribution in [3.8, 4) is 0 Å². The molecule has 11 heteroatoms. The molecule has 1 fully saturated rings. The molecule has 1 aliphatic heterocycles. The van der Waals surface area contributed by atoms with Gasteiger partial charge < -0.3 is 25.8 Å². The molecule has 0 radical (unpaired) electrons. The van der Waals surface area contributed by atoms with Gasteiger partial charge >= 0.3 is 6.08 Å². The molecule has 3 heterocycles. The Bertz CT molecular complexity index is 656. The van der Waals surface area contributed by atoms with Crippen LogP contribution in [0.3, 0.4) is 0 Å². The summed E-state index contributed by atoms with van der Waals surface area (Å²) in [4.78, 5) is 10.8. The average molecular weight is 322 g/mol. The van der Waals surface area contributed by atoms with E-state index >= 15 is 0 Å². The summed E-state index contributed by atoms with van der Waals surface area (Å²) in [5, 5.41) is 28.7. The van der Waals surface area contributed by atoms with E-state index in [-0.39, 0.29) is 29.4 Å². The molecule has 2 aromatic rings. The number of aromatic nitrogens is 4. The molecular weight excluding hydrogens is 309 g/mol. The normalized spacial score (nSPS) is 28.8. The maximum Gasteiger partial charge on any atom is 0.312 e. The lowest BCUT2D eigenvalue weighted by molar-refractivity contribution is -0.0511. The van der Waals surface area contributed by atoms with Gasteiger partial charge in [0.05, 0.1) is 12.9 Å². The summed E-state index contributed by atoms with van der Waals surface area (Å²) in [6.07, 6.45) is -4.38. The lowest BCUT2D eigenvalue weighted by Crippen LogP contribution is -2.33. The van der Waals surface area contributed by atoms with Gasteiger partial charge in [0.1, 0.15) is 18.3 Å². The number of fused-ring (bicyclic) bond motifs is 1. The fraction of sp³-hybridized carbons (Fsp3) is 0.500. The van der Waals surface area contributed by atoms with Crippen LogP contribution >= 0.6 is 12.4 Å². The van der Waals surface area contributed by atoms with E-state index in [2.05, 4.69) is 15.0 Å². The van der Waals surface area contributed by atoms with Crippen molar-refractivity contribution in [2.24, 2.45) is 0 Å². The van der Waals surface area contributed by atoms with Crippen LogP contribution in [-0.4, -0.2) is 59.8 Å². The van der Waals surface area contributed by atoms with Crippen molar-refractivity contribution in [3.05, 3.63) is 12.4 Å². The van der Waals surface area contributed by atoms with Gasteiger partial charge in [0.15, 0.2) is 23.2 Å². The van der Waals surface area contributed by atoms with Gasteiger partial charge in [-0.25, -0.2) is 4.98 Å². The Morgan fingerprint density at radius 3 is 2.67 bits per heavy atom. The first-order valence-electron chi connectivity index (χ1n) is 5.81. The second-order valence-electron chi connectivity index (χ2n) is 4.43. The fourth-order valence-corrected chi connectivity index (χ4v) is 2.21. The Labute approximate surface area is 123 Å². The summed E-state index contributed by atoms with van der Waals surface area (Å²) < 4.78 is 19.8. The van der Waals surface area contributed by atoms with Gasteiger partial charge in [-0.05, 0) is 0 Å². The number of nitrogens with two attached hydrogens (primary N) is 1. The fourth-order valence-electron chi connectivity index (χ4n) is 2.21. The van der Waals surface area contributed by atoms with Crippen LogP contribution < -0.4 is 5.73 Å². The zero-order valence-electron chi connectivity index (χ0n) is 10.5. The number of nitrogen functional groups attached to an aromatic ring is 1. The molecule has 0 unspecified atom stereocenters. The predicted molar refractivity (Wildman–Crippen MR) is 70.0 cm³/mol. The van der Waals surface area contributed by atoms with Crippen LogP contribution in [0.25, 0.3) is 11.2 Å². The number of halogens is 2. The summed E-state index contributed by atoms with van der Waals surface area (Å²) in [6.45, 7) is -0.465. The number of hydrogen-bond donors (Lipinski definition) is 4. The van der Waals surface area contributed by atoms with Crippen molar-refractivity contribution in [1.29, 1.82) is 0 Å². The molecule has 1 saturated heterocycles. The van der Waals surface area contributed by atoms with Crippen molar-refractivity contribution in [1.82, 2.24) is 19.5 Å². The Kier molecular flexibility index (Phi) is 4.25. The largest absolute Gasteiger partial charge is 0.394 e. The van der Waals surface area contributed by atoms with Gasteiger partial charge in [-0.3, -0.25) is 4.57 Å². The third-order valence-electron chi connectivity index (χ3n) is 3.21. The third kappa shape index (κ3) is 2.40. The SMILES string of the molecule is Cl.Nc1nc(F)nc2c1ncn2[C@@H]1O[C@H](CO)[C@@H](O)[C@@H]1O. The molecule has 0 spiro atoms. The molecule has 3 rings (SSSR count). The maximum atomic E-state index is 13.2. The predicted octanol–water partition coefficient (Wildman–Crippen LogP) is -1.42. The number of aliphatic hydroxyl groups excluding tert-OH is 3. The van der Waals surface area contributed by atoms with Crippen LogP contribution in [0.4, 0.5) is 10.2 Å². The van der Waals surface area contributed by atoms with E-state index in [1.165, 1.54) is 10.9 Å². The quantitative estimate of drug-likeness (QED) is 0.494. The first kappa shape index (κ1) is 15.8. The molecule has 0 aromatic carbocycles. The molecule has 0 bridgehead atoms. The van der Waals surface area contributed by atoms with Gasteiger partial charge in [-0.2, -0.15) is 14.4 Å². The Morgan fingerprint density at radius 1 is 1.33 bits per heavy atom. The number of nitrogens with zero attached hydrogens (tertiary/aromatic N) is 4. The van der Waals surface area contributed by atoms with Crippen molar-refractivity contribution < 1.29 is 24.4 Å². The first-order valence-corrected chi connectivity index (χ1v) is 5.81. The summed E-state index contributed by atoms with van der Waals surface area (Å²) in [5.74, 6) is -0.141. The monoisotopic (exact) mass is 321 g/mol. The van der Waals surface area contributed by atoms with E-state index in [0.29, 0.717) is 0 Å². The summed E-state index contributed by atoms with van der Waals surface area (Å²) >= 11 is 0. The molecule has 2 aromatic heterocycles. The number of imidazole rings is 1. The Balaban J connectivity index is 0.00000161. The van der Waals surface area contributed by atoms with Crippen LogP contribution in [0.1, 0.15) is 6.23 Å². The Morgan fingerprint density at radius 2 is 2.05 bits per heavy atom. The van der Waals surface area contributed by atoms with Crippen LogP contribution in [0.2, 0.25) is 0 Å². The summed E-state index contributed by atoms with van der Waals surface area (Å²) in [7, 11) is 0. The second kappa shape index (κ2) is 5.66. The van der Waals surface area contributed by atoms with Gasteiger partial charge in [-0.1, -0.05) is 0 Å². The van der Waals surface area contributed by atoms with Crippen LogP contribution in [-0.2, 0) is 4.74 Å². The van der Waals surface area contributed by atoms with Gasteiger partial charge in [0.2, 0.25) is 0 Å². The minimum absolute atomic E-state index is 0. The van der Waals surface area contributed by atoms with Gasteiger partial charge in [0.25, 0.3) is 0 Å². The highest BCUT2D eigenvalue weighted by molar-refractivity contribution is 5.85. The maximum absolute atomic E-state index is 13.2. The van der Waals surface area contributed by atoms with E-state index in [0.717, 1.165) is 0 Å². The number of hydrogen-bond acceptors (Lipinski definition) is 8. The topological polar surface area (TPSA) is 140 Å². The summed E-state index contributed by atoms with van der Waals surface area (Å²) in [5.41, 5.74) is 5.71. The molecule has 21 heavy (non-hydrogen) atoms. The van der Waals surface area contributed by atoms with E-state index in [9.17, 15) is 14.6 Å². The zero-order valence-corrected chi connectivity index (χ0v) is 11.3. The highest BCUT2D eigenvalue weighted by Gasteiger charge is 2.44. The van der Waals surface area contributed by atoms with Gasteiger partial charge in [0, 0.05) is 0 Å². The van der Waals surface area contributed by atoms with Crippen molar-refractivity contribution in [3.63, 3.8) is 0 Å². The second-order valence-corrected chi connectivity index (χ2v) is 4.43. The molecule has 9 nitrogen and oxygen atoms in total. The van der Waals surface area contributed by atoms with E-state index < -0.39 is 37.2 Å². The number of rotatable bonds is 2. The number of aliphatic hydroxyl groups is 3. The lowest BCUT2D eigenvalue weighted by atomic mass is 10.1. The number of anilines is 1.